The maximum Gasteiger partial charge on any atom is 0.321 e. The second-order valence-corrected chi connectivity index (χ2v) is 4.03. The molecule has 0 saturated carbocycles. The number of carbonyl (C=O) groups is 1. The highest BCUT2D eigenvalue weighted by atomic mass is 35.5. The van der Waals surface area contributed by atoms with Crippen molar-refractivity contribution in [2.24, 2.45) is 0 Å². The number of nitrogens with one attached hydrogen (secondary N) is 3. The van der Waals surface area contributed by atoms with E-state index < -0.39 is 4.92 Å². The zero-order valence-corrected chi connectivity index (χ0v) is 10.5. The van der Waals surface area contributed by atoms with Crippen molar-refractivity contribution in [3.63, 3.8) is 0 Å². The van der Waals surface area contributed by atoms with E-state index in [0.29, 0.717) is 0 Å². The first-order valence-corrected chi connectivity index (χ1v) is 5.52. The van der Waals surface area contributed by atoms with Crippen molar-refractivity contribution in [1.82, 2.24) is 15.6 Å². The molecule has 1 saturated heterocycles. The predicted molar refractivity (Wildman–Crippen MR) is 68.1 cm³/mol. The quantitative estimate of drug-likeness (QED) is 0.561. The SMILES string of the molecule is Cl.O=C(N[C@H]1CCCNC1)c1ccc([N+](=O)[O-])[nH]1. The maximum atomic E-state index is 11.8. The van der Waals surface area contributed by atoms with E-state index in [4.69, 9.17) is 0 Å². The summed E-state index contributed by atoms with van der Waals surface area (Å²) in [6.45, 7) is 1.72. The van der Waals surface area contributed by atoms with Crippen molar-refractivity contribution in [3.8, 4) is 0 Å². The Morgan fingerprint density at radius 1 is 1.50 bits per heavy atom. The molecule has 0 bridgehead atoms. The van der Waals surface area contributed by atoms with Gasteiger partial charge in [0.1, 0.15) is 0 Å². The number of rotatable bonds is 3. The molecule has 1 atom stereocenters. The Kier molecular flexibility index (Phi) is 5.11. The van der Waals surface area contributed by atoms with Crippen LogP contribution in [0.25, 0.3) is 0 Å². The molecule has 0 aliphatic carbocycles. The van der Waals surface area contributed by atoms with Crippen molar-refractivity contribution in [2.45, 2.75) is 18.9 Å². The molecule has 2 heterocycles. The number of nitrogens with zero attached hydrogens (tertiary/aromatic N) is 1. The average Bonchev–Trinajstić information content (AvgIpc) is 2.79. The molecule has 0 aromatic carbocycles. The number of nitro groups is 1. The van der Waals surface area contributed by atoms with Gasteiger partial charge >= 0.3 is 5.82 Å². The fraction of sp³-hybridized carbons (Fsp3) is 0.500. The lowest BCUT2D eigenvalue weighted by Crippen LogP contribution is -2.45. The summed E-state index contributed by atoms with van der Waals surface area (Å²) in [7, 11) is 0. The highest BCUT2D eigenvalue weighted by molar-refractivity contribution is 5.93. The highest BCUT2D eigenvalue weighted by Gasteiger charge is 2.20. The molecule has 0 spiro atoms. The normalized spacial score (nSPS) is 18.8. The molecule has 100 valence electrons. The van der Waals surface area contributed by atoms with Gasteiger partial charge in [0.05, 0.1) is 0 Å². The smallest absolute Gasteiger partial charge is 0.321 e. The van der Waals surface area contributed by atoms with E-state index in [-0.39, 0.29) is 35.9 Å². The molecule has 7 nitrogen and oxygen atoms in total. The summed E-state index contributed by atoms with van der Waals surface area (Å²) in [4.78, 5) is 24.1. The molecule has 0 unspecified atom stereocenters. The summed E-state index contributed by atoms with van der Waals surface area (Å²) < 4.78 is 0. The summed E-state index contributed by atoms with van der Waals surface area (Å²) in [5.41, 5.74) is 0.224. The number of piperidine rings is 1. The Balaban J connectivity index is 0.00000162. The lowest BCUT2D eigenvalue weighted by molar-refractivity contribution is -0.389. The van der Waals surface area contributed by atoms with Crippen molar-refractivity contribution in [1.29, 1.82) is 0 Å². The standard InChI is InChI=1S/C10H14N4O3.ClH/c15-10(12-7-2-1-5-11-6-7)8-3-4-9(13-8)14(16)17;/h3-4,7,11,13H,1-2,5-6H2,(H,12,15);1H/t7-;/m0./s1. The van der Waals surface area contributed by atoms with Crippen LogP contribution in [0.2, 0.25) is 0 Å². The molecule has 1 aliphatic rings. The minimum Gasteiger partial charge on any atom is -0.358 e. The Hall–Kier alpha value is -1.60. The van der Waals surface area contributed by atoms with Crippen LogP contribution in [0.1, 0.15) is 23.3 Å². The van der Waals surface area contributed by atoms with Gasteiger partial charge in [-0.3, -0.25) is 4.79 Å². The Labute approximate surface area is 110 Å². The largest absolute Gasteiger partial charge is 0.358 e. The van der Waals surface area contributed by atoms with E-state index in [1.165, 1.54) is 12.1 Å². The zero-order valence-electron chi connectivity index (χ0n) is 9.64. The van der Waals surface area contributed by atoms with Gasteiger partial charge in [0.2, 0.25) is 0 Å². The first-order chi connectivity index (χ1) is 8.16. The second kappa shape index (κ2) is 6.36. The Morgan fingerprint density at radius 3 is 2.83 bits per heavy atom. The van der Waals surface area contributed by atoms with Crippen LogP contribution in [0.4, 0.5) is 5.82 Å². The van der Waals surface area contributed by atoms with Gasteiger partial charge in [-0.2, -0.15) is 0 Å². The monoisotopic (exact) mass is 274 g/mol. The first-order valence-electron chi connectivity index (χ1n) is 5.52. The van der Waals surface area contributed by atoms with E-state index in [2.05, 4.69) is 15.6 Å². The summed E-state index contributed by atoms with van der Waals surface area (Å²) in [6, 6.07) is 2.80. The fourth-order valence-corrected chi connectivity index (χ4v) is 1.86. The van der Waals surface area contributed by atoms with E-state index in [1.807, 2.05) is 0 Å². The molecule has 8 heteroatoms. The van der Waals surface area contributed by atoms with Crippen LogP contribution in [0.15, 0.2) is 12.1 Å². The lowest BCUT2D eigenvalue weighted by atomic mass is 10.1. The third-order valence-corrected chi connectivity index (χ3v) is 2.74. The number of carbonyl (C=O) groups excluding carboxylic acids is 1. The van der Waals surface area contributed by atoms with E-state index in [0.717, 1.165) is 25.9 Å². The fourth-order valence-electron chi connectivity index (χ4n) is 1.86. The summed E-state index contributed by atoms with van der Waals surface area (Å²) >= 11 is 0. The molecule has 2 rings (SSSR count). The first kappa shape index (κ1) is 14.5. The number of H-pyrrole nitrogens is 1. The minimum atomic E-state index is -0.557. The van der Waals surface area contributed by atoms with E-state index >= 15 is 0 Å². The van der Waals surface area contributed by atoms with Crippen LogP contribution in [-0.4, -0.2) is 34.9 Å². The molecule has 1 amide bonds. The summed E-state index contributed by atoms with van der Waals surface area (Å²) in [5, 5.41) is 16.5. The molecule has 0 radical (unpaired) electrons. The van der Waals surface area contributed by atoms with Gasteiger partial charge in [0.15, 0.2) is 5.69 Å². The number of halogens is 1. The zero-order chi connectivity index (χ0) is 12.3. The molecule has 1 aliphatic heterocycles. The second-order valence-electron chi connectivity index (χ2n) is 4.03. The minimum absolute atomic E-state index is 0. The van der Waals surface area contributed by atoms with Crippen molar-refractivity contribution in [2.75, 3.05) is 13.1 Å². The summed E-state index contributed by atoms with van der Waals surface area (Å²) in [6.07, 6.45) is 1.96. The van der Waals surface area contributed by atoms with Gasteiger partial charge in [-0.05, 0) is 30.4 Å². The third kappa shape index (κ3) is 3.44. The Morgan fingerprint density at radius 2 is 2.28 bits per heavy atom. The number of hydrogen-bond donors (Lipinski definition) is 3. The lowest BCUT2D eigenvalue weighted by Gasteiger charge is -2.23. The number of hydrogen-bond acceptors (Lipinski definition) is 4. The van der Waals surface area contributed by atoms with Gasteiger partial charge < -0.3 is 20.7 Å². The molecule has 18 heavy (non-hydrogen) atoms. The van der Waals surface area contributed by atoms with Crippen molar-refractivity contribution < 1.29 is 9.72 Å². The molecular weight excluding hydrogens is 260 g/mol. The number of amides is 1. The van der Waals surface area contributed by atoms with E-state index in [1.54, 1.807) is 0 Å². The molecular formula is C10H15ClN4O3. The van der Waals surface area contributed by atoms with Crippen molar-refractivity contribution >= 4 is 24.1 Å². The maximum absolute atomic E-state index is 11.8. The van der Waals surface area contributed by atoms with Crippen LogP contribution < -0.4 is 10.6 Å². The Bertz CT molecular complexity index is 429. The topological polar surface area (TPSA) is 100 Å². The van der Waals surface area contributed by atoms with E-state index in [9.17, 15) is 14.9 Å². The average molecular weight is 275 g/mol. The van der Waals surface area contributed by atoms with Crippen LogP contribution in [0, 0.1) is 10.1 Å². The van der Waals surface area contributed by atoms with Gasteiger partial charge in [-0.1, -0.05) is 0 Å². The van der Waals surface area contributed by atoms with Crippen LogP contribution in [-0.2, 0) is 0 Å². The van der Waals surface area contributed by atoms with Crippen LogP contribution >= 0.6 is 12.4 Å². The molecule has 1 aromatic heterocycles. The third-order valence-electron chi connectivity index (χ3n) is 2.74. The van der Waals surface area contributed by atoms with Gasteiger partial charge in [-0.25, -0.2) is 4.98 Å². The van der Waals surface area contributed by atoms with Gasteiger partial charge in [0.25, 0.3) is 5.91 Å². The van der Waals surface area contributed by atoms with Gasteiger partial charge in [0, 0.05) is 18.7 Å². The van der Waals surface area contributed by atoms with Gasteiger partial charge in [-0.15, -0.1) is 12.4 Å². The number of aromatic amines is 1. The van der Waals surface area contributed by atoms with Crippen LogP contribution in [0.3, 0.4) is 0 Å². The molecule has 1 fully saturated rings. The molecule has 1 aromatic rings. The van der Waals surface area contributed by atoms with Crippen molar-refractivity contribution in [3.05, 3.63) is 27.9 Å². The number of aromatic nitrogens is 1. The molecule has 3 N–H and O–H groups in total. The summed E-state index contributed by atoms with van der Waals surface area (Å²) in [5.74, 6) is -0.469. The van der Waals surface area contributed by atoms with Crippen LogP contribution in [0.5, 0.6) is 0 Å². The highest BCUT2D eigenvalue weighted by Crippen LogP contribution is 2.10. The predicted octanol–water partition coefficient (Wildman–Crippen LogP) is 0.827.